The number of aromatic nitrogens is 3. The summed E-state index contributed by atoms with van der Waals surface area (Å²) in [6.07, 6.45) is 6.18. The molecule has 0 aliphatic carbocycles. The summed E-state index contributed by atoms with van der Waals surface area (Å²) in [5.41, 5.74) is 8.02. The second-order valence-electron chi connectivity index (χ2n) is 3.22. The van der Waals surface area contributed by atoms with Gasteiger partial charge in [0.05, 0.1) is 6.20 Å². The van der Waals surface area contributed by atoms with Crippen LogP contribution in [-0.2, 0) is 13.5 Å². The number of hydrogen-bond acceptors (Lipinski definition) is 3. The van der Waals surface area contributed by atoms with Gasteiger partial charge in [-0.2, -0.15) is 5.10 Å². The van der Waals surface area contributed by atoms with Crippen molar-refractivity contribution in [2.45, 2.75) is 6.42 Å². The van der Waals surface area contributed by atoms with Gasteiger partial charge < -0.3 is 5.73 Å². The molecular formula is C10H12N4. The molecule has 0 aliphatic heterocycles. The van der Waals surface area contributed by atoms with E-state index in [1.807, 2.05) is 25.4 Å². The van der Waals surface area contributed by atoms with Gasteiger partial charge in [0.15, 0.2) is 0 Å². The molecule has 0 aromatic carbocycles. The van der Waals surface area contributed by atoms with Crippen LogP contribution in [0.25, 0.3) is 0 Å². The van der Waals surface area contributed by atoms with Crippen molar-refractivity contribution in [3.8, 4) is 0 Å². The number of pyridine rings is 1. The molecular weight excluding hydrogens is 176 g/mol. The summed E-state index contributed by atoms with van der Waals surface area (Å²) < 4.78 is 1.67. The van der Waals surface area contributed by atoms with Crippen LogP contribution in [0.2, 0.25) is 0 Å². The Morgan fingerprint density at radius 1 is 1.43 bits per heavy atom. The zero-order valence-electron chi connectivity index (χ0n) is 8.01. The minimum Gasteiger partial charge on any atom is -0.384 e. The Labute approximate surface area is 82.4 Å². The van der Waals surface area contributed by atoms with Crippen LogP contribution in [0.3, 0.4) is 0 Å². The van der Waals surface area contributed by atoms with E-state index < -0.39 is 0 Å². The van der Waals surface area contributed by atoms with Crippen LogP contribution in [0.15, 0.2) is 30.7 Å². The molecule has 0 fully saturated rings. The van der Waals surface area contributed by atoms with Gasteiger partial charge in [0, 0.05) is 31.4 Å². The third kappa shape index (κ3) is 1.59. The molecule has 0 saturated carbocycles. The maximum atomic E-state index is 5.83. The van der Waals surface area contributed by atoms with Crippen molar-refractivity contribution in [3.63, 3.8) is 0 Å². The highest BCUT2D eigenvalue weighted by Crippen LogP contribution is 2.13. The lowest BCUT2D eigenvalue weighted by Gasteiger charge is -1.99. The molecule has 0 radical (unpaired) electrons. The van der Waals surface area contributed by atoms with Crippen LogP contribution >= 0.6 is 0 Å². The third-order valence-corrected chi connectivity index (χ3v) is 2.18. The molecule has 0 bridgehead atoms. The fraction of sp³-hybridized carbons (Fsp3) is 0.200. The zero-order chi connectivity index (χ0) is 9.97. The zero-order valence-corrected chi connectivity index (χ0v) is 8.01. The quantitative estimate of drug-likeness (QED) is 0.764. The molecule has 0 amide bonds. The van der Waals surface area contributed by atoms with Crippen LogP contribution in [0, 0.1) is 0 Å². The Morgan fingerprint density at radius 2 is 2.29 bits per heavy atom. The van der Waals surface area contributed by atoms with Crippen LogP contribution in [0.5, 0.6) is 0 Å². The highest BCUT2D eigenvalue weighted by atomic mass is 15.3. The van der Waals surface area contributed by atoms with Crippen molar-refractivity contribution in [1.29, 1.82) is 0 Å². The number of rotatable bonds is 2. The molecule has 0 aliphatic rings. The van der Waals surface area contributed by atoms with Gasteiger partial charge >= 0.3 is 0 Å². The fourth-order valence-electron chi connectivity index (χ4n) is 1.35. The average molecular weight is 188 g/mol. The van der Waals surface area contributed by atoms with E-state index in [0.29, 0.717) is 5.82 Å². The minimum atomic E-state index is 0.717. The van der Waals surface area contributed by atoms with Gasteiger partial charge in [0.25, 0.3) is 0 Å². The summed E-state index contributed by atoms with van der Waals surface area (Å²) in [5, 5.41) is 4.08. The van der Waals surface area contributed by atoms with Crippen molar-refractivity contribution in [2.24, 2.45) is 7.05 Å². The maximum Gasteiger partial charge on any atom is 0.124 e. The Balaban J connectivity index is 2.23. The molecule has 0 unspecified atom stereocenters. The Kier molecular flexibility index (Phi) is 2.18. The molecule has 2 aromatic heterocycles. The van der Waals surface area contributed by atoms with E-state index >= 15 is 0 Å². The molecule has 2 aromatic rings. The smallest absolute Gasteiger partial charge is 0.124 e. The van der Waals surface area contributed by atoms with Crippen LogP contribution in [-0.4, -0.2) is 14.8 Å². The number of nitrogens with two attached hydrogens (primary N) is 1. The van der Waals surface area contributed by atoms with Crippen molar-refractivity contribution in [3.05, 3.63) is 41.9 Å². The van der Waals surface area contributed by atoms with Gasteiger partial charge in [-0.3, -0.25) is 9.67 Å². The highest BCUT2D eigenvalue weighted by molar-refractivity contribution is 5.41. The fourth-order valence-corrected chi connectivity index (χ4v) is 1.35. The first-order chi connectivity index (χ1) is 6.77. The Bertz CT molecular complexity index is 419. The molecule has 4 heteroatoms. The van der Waals surface area contributed by atoms with Crippen LogP contribution in [0.4, 0.5) is 5.82 Å². The first-order valence-corrected chi connectivity index (χ1v) is 4.42. The molecule has 2 heterocycles. The molecule has 2 N–H and O–H groups in total. The lowest BCUT2D eigenvalue weighted by molar-refractivity contribution is 0.778. The molecule has 72 valence electrons. The summed E-state index contributed by atoms with van der Waals surface area (Å²) in [6, 6.07) is 3.95. The molecule has 2 rings (SSSR count). The van der Waals surface area contributed by atoms with Crippen molar-refractivity contribution >= 4 is 5.82 Å². The van der Waals surface area contributed by atoms with Crippen molar-refractivity contribution in [1.82, 2.24) is 14.8 Å². The van der Waals surface area contributed by atoms with E-state index in [9.17, 15) is 0 Å². The van der Waals surface area contributed by atoms with Crippen LogP contribution in [0.1, 0.15) is 11.1 Å². The number of anilines is 1. The second-order valence-corrected chi connectivity index (χ2v) is 3.22. The van der Waals surface area contributed by atoms with Gasteiger partial charge in [-0.05, 0) is 11.6 Å². The highest BCUT2D eigenvalue weighted by Gasteiger charge is 2.04. The predicted octanol–water partition coefficient (Wildman–Crippen LogP) is 0.988. The lowest BCUT2D eigenvalue weighted by atomic mass is 10.1. The normalized spacial score (nSPS) is 10.4. The average Bonchev–Trinajstić information content (AvgIpc) is 2.52. The van der Waals surface area contributed by atoms with Gasteiger partial charge in [-0.15, -0.1) is 0 Å². The largest absolute Gasteiger partial charge is 0.384 e. The summed E-state index contributed by atoms with van der Waals surface area (Å²) in [7, 11) is 1.84. The third-order valence-electron chi connectivity index (χ3n) is 2.18. The molecule has 4 nitrogen and oxygen atoms in total. The van der Waals surface area contributed by atoms with E-state index in [1.165, 1.54) is 0 Å². The van der Waals surface area contributed by atoms with Crippen molar-refractivity contribution in [2.75, 3.05) is 5.73 Å². The van der Waals surface area contributed by atoms with E-state index in [2.05, 4.69) is 10.1 Å². The Morgan fingerprint density at radius 3 is 2.86 bits per heavy atom. The molecule has 14 heavy (non-hydrogen) atoms. The number of hydrogen-bond donors (Lipinski definition) is 1. The van der Waals surface area contributed by atoms with Gasteiger partial charge in [0.1, 0.15) is 5.82 Å². The van der Waals surface area contributed by atoms with Crippen molar-refractivity contribution < 1.29 is 0 Å². The SMILES string of the molecule is Cn1ncc(Cc2cccnc2)c1N. The number of aryl methyl sites for hydroxylation is 1. The summed E-state index contributed by atoms with van der Waals surface area (Å²) in [4.78, 5) is 4.05. The van der Waals surface area contributed by atoms with Gasteiger partial charge in [-0.25, -0.2) is 0 Å². The topological polar surface area (TPSA) is 56.7 Å². The monoisotopic (exact) mass is 188 g/mol. The predicted molar refractivity (Wildman–Crippen MR) is 54.7 cm³/mol. The summed E-state index contributed by atoms with van der Waals surface area (Å²) in [6.45, 7) is 0. The first kappa shape index (κ1) is 8.74. The molecule has 0 saturated heterocycles. The molecule has 0 atom stereocenters. The minimum absolute atomic E-state index is 0.717. The van der Waals surface area contributed by atoms with Gasteiger partial charge in [0.2, 0.25) is 0 Å². The standard InChI is InChI=1S/C10H12N4/c1-14-10(11)9(7-13-14)5-8-3-2-4-12-6-8/h2-4,6-7H,5,11H2,1H3. The Hall–Kier alpha value is -1.84. The molecule has 0 spiro atoms. The lowest BCUT2D eigenvalue weighted by Crippen LogP contribution is -2.00. The maximum absolute atomic E-state index is 5.83. The van der Waals surface area contributed by atoms with E-state index in [4.69, 9.17) is 5.73 Å². The number of nitrogen functional groups attached to an aromatic ring is 1. The van der Waals surface area contributed by atoms with Gasteiger partial charge in [-0.1, -0.05) is 6.07 Å². The number of nitrogens with zero attached hydrogens (tertiary/aromatic N) is 3. The summed E-state index contributed by atoms with van der Waals surface area (Å²) >= 11 is 0. The summed E-state index contributed by atoms with van der Waals surface area (Å²) in [5.74, 6) is 0.717. The van der Waals surface area contributed by atoms with E-state index in [1.54, 1.807) is 17.1 Å². The first-order valence-electron chi connectivity index (χ1n) is 4.42. The second kappa shape index (κ2) is 3.49. The van der Waals surface area contributed by atoms with E-state index in [0.717, 1.165) is 17.5 Å². The van der Waals surface area contributed by atoms with Crippen LogP contribution < -0.4 is 5.73 Å². The van der Waals surface area contributed by atoms with E-state index in [-0.39, 0.29) is 0 Å².